The van der Waals surface area contributed by atoms with Gasteiger partial charge in [0.2, 0.25) is 0 Å². The van der Waals surface area contributed by atoms with Gasteiger partial charge in [0.25, 0.3) is 5.91 Å². The number of carbonyl (C=O) groups is 1. The number of hydrogen-bond donors (Lipinski definition) is 2. The van der Waals surface area contributed by atoms with Crippen molar-refractivity contribution < 1.29 is 14.3 Å². The Labute approximate surface area is 127 Å². The van der Waals surface area contributed by atoms with Gasteiger partial charge in [-0.1, -0.05) is 12.1 Å². The number of methoxy groups -OCH3 is 1. The van der Waals surface area contributed by atoms with E-state index >= 15 is 0 Å². The SMILES string of the molecule is CNC(C)c1ccc(C)cc1OCC(=O)NC(C)COC. The number of aryl methyl sites for hydroxylation is 1. The van der Waals surface area contributed by atoms with Crippen LogP contribution < -0.4 is 15.4 Å². The van der Waals surface area contributed by atoms with Crippen LogP contribution in [0.2, 0.25) is 0 Å². The predicted molar refractivity (Wildman–Crippen MR) is 83.6 cm³/mol. The summed E-state index contributed by atoms with van der Waals surface area (Å²) < 4.78 is 10.7. The Kier molecular flexibility index (Phi) is 7.19. The summed E-state index contributed by atoms with van der Waals surface area (Å²) >= 11 is 0. The number of hydrogen-bond acceptors (Lipinski definition) is 4. The van der Waals surface area contributed by atoms with E-state index < -0.39 is 0 Å². The van der Waals surface area contributed by atoms with Crippen LogP contribution in [0.25, 0.3) is 0 Å². The molecule has 0 heterocycles. The van der Waals surface area contributed by atoms with Gasteiger partial charge in [-0.3, -0.25) is 4.79 Å². The van der Waals surface area contributed by atoms with Crippen LogP contribution in [0.3, 0.4) is 0 Å². The van der Waals surface area contributed by atoms with Gasteiger partial charge in [0, 0.05) is 24.8 Å². The maximum Gasteiger partial charge on any atom is 0.258 e. The van der Waals surface area contributed by atoms with Crippen molar-refractivity contribution in [3.05, 3.63) is 29.3 Å². The Morgan fingerprint density at radius 2 is 2.05 bits per heavy atom. The molecule has 1 aromatic rings. The highest BCUT2D eigenvalue weighted by molar-refractivity contribution is 5.77. The van der Waals surface area contributed by atoms with Crippen molar-refractivity contribution in [2.45, 2.75) is 32.9 Å². The summed E-state index contributed by atoms with van der Waals surface area (Å²) in [6.45, 7) is 6.43. The fourth-order valence-corrected chi connectivity index (χ4v) is 2.03. The first kappa shape index (κ1) is 17.5. The van der Waals surface area contributed by atoms with Crippen LogP contribution >= 0.6 is 0 Å². The van der Waals surface area contributed by atoms with Crippen molar-refractivity contribution >= 4 is 5.91 Å². The molecule has 0 spiro atoms. The van der Waals surface area contributed by atoms with E-state index in [0.717, 1.165) is 16.9 Å². The predicted octanol–water partition coefficient (Wildman–Crippen LogP) is 1.81. The second kappa shape index (κ2) is 8.64. The number of nitrogens with one attached hydrogen (secondary N) is 2. The van der Waals surface area contributed by atoms with Gasteiger partial charge in [0.05, 0.1) is 6.61 Å². The molecule has 0 aliphatic rings. The molecule has 0 bridgehead atoms. The maximum absolute atomic E-state index is 11.8. The number of rotatable bonds is 8. The number of benzene rings is 1. The van der Waals surface area contributed by atoms with Crippen molar-refractivity contribution in [1.82, 2.24) is 10.6 Å². The third kappa shape index (κ3) is 5.73. The highest BCUT2D eigenvalue weighted by atomic mass is 16.5. The van der Waals surface area contributed by atoms with Crippen LogP contribution in [0.4, 0.5) is 0 Å². The van der Waals surface area contributed by atoms with E-state index in [9.17, 15) is 4.79 Å². The van der Waals surface area contributed by atoms with E-state index in [1.807, 2.05) is 39.1 Å². The van der Waals surface area contributed by atoms with Gasteiger partial charge in [0.1, 0.15) is 5.75 Å². The highest BCUT2D eigenvalue weighted by Crippen LogP contribution is 2.26. The summed E-state index contributed by atoms with van der Waals surface area (Å²) in [6.07, 6.45) is 0. The summed E-state index contributed by atoms with van der Waals surface area (Å²) in [5.74, 6) is 0.593. The van der Waals surface area contributed by atoms with E-state index in [1.165, 1.54) is 0 Å². The molecule has 2 N–H and O–H groups in total. The Balaban J connectivity index is 2.65. The molecule has 118 valence electrons. The molecule has 1 amide bonds. The van der Waals surface area contributed by atoms with Gasteiger partial charge in [-0.15, -0.1) is 0 Å². The van der Waals surface area contributed by atoms with Crippen molar-refractivity contribution in [1.29, 1.82) is 0 Å². The maximum atomic E-state index is 11.8. The second-order valence-electron chi connectivity index (χ2n) is 5.26. The normalized spacial score (nSPS) is 13.6. The van der Waals surface area contributed by atoms with Gasteiger partial charge >= 0.3 is 0 Å². The smallest absolute Gasteiger partial charge is 0.258 e. The average Bonchev–Trinajstić information content (AvgIpc) is 2.44. The highest BCUT2D eigenvalue weighted by Gasteiger charge is 2.13. The van der Waals surface area contributed by atoms with E-state index in [-0.39, 0.29) is 24.6 Å². The molecule has 1 rings (SSSR count). The topological polar surface area (TPSA) is 59.6 Å². The van der Waals surface area contributed by atoms with Crippen LogP contribution in [-0.4, -0.2) is 39.3 Å². The van der Waals surface area contributed by atoms with Gasteiger partial charge in [-0.25, -0.2) is 0 Å². The summed E-state index contributed by atoms with van der Waals surface area (Å²) in [7, 11) is 3.50. The average molecular weight is 294 g/mol. The van der Waals surface area contributed by atoms with E-state index in [4.69, 9.17) is 9.47 Å². The molecule has 0 aliphatic heterocycles. The van der Waals surface area contributed by atoms with Crippen LogP contribution in [0.1, 0.15) is 31.0 Å². The molecule has 0 aromatic heterocycles. The zero-order chi connectivity index (χ0) is 15.8. The molecule has 0 radical (unpaired) electrons. The summed E-state index contributed by atoms with van der Waals surface area (Å²) in [6, 6.07) is 6.15. The molecule has 2 atom stereocenters. The minimum Gasteiger partial charge on any atom is -0.483 e. The lowest BCUT2D eigenvalue weighted by Gasteiger charge is -2.18. The first-order chi connectivity index (χ1) is 9.97. The largest absolute Gasteiger partial charge is 0.483 e. The number of ether oxygens (including phenoxy) is 2. The Morgan fingerprint density at radius 3 is 2.67 bits per heavy atom. The molecule has 5 nitrogen and oxygen atoms in total. The first-order valence-corrected chi connectivity index (χ1v) is 7.16. The summed E-state index contributed by atoms with van der Waals surface area (Å²) in [5.41, 5.74) is 2.14. The minimum atomic E-state index is -0.149. The Morgan fingerprint density at radius 1 is 1.33 bits per heavy atom. The van der Waals surface area contributed by atoms with Crippen molar-refractivity contribution in [3.63, 3.8) is 0 Å². The zero-order valence-electron chi connectivity index (χ0n) is 13.5. The molecule has 0 saturated heterocycles. The van der Waals surface area contributed by atoms with Gasteiger partial charge < -0.3 is 20.1 Å². The van der Waals surface area contributed by atoms with Crippen molar-refractivity contribution in [2.24, 2.45) is 0 Å². The quantitative estimate of drug-likeness (QED) is 0.767. The van der Waals surface area contributed by atoms with Gasteiger partial charge in [-0.2, -0.15) is 0 Å². The second-order valence-corrected chi connectivity index (χ2v) is 5.26. The lowest BCUT2D eigenvalue weighted by atomic mass is 10.1. The third-order valence-corrected chi connectivity index (χ3v) is 3.25. The van der Waals surface area contributed by atoms with Crippen LogP contribution in [0.5, 0.6) is 5.75 Å². The first-order valence-electron chi connectivity index (χ1n) is 7.16. The van der Waals surface area contributed by atoms with E-state index in [2.05, 4.69) is 17.6 Å². The molecular formula is C16H26N2O3. The van der Waals surface area contributed by atoms with Crippen LogP contribution in [0, 0.1) is 6.92 Å². The fourth-order valence-electron chi connectivity index (χ4n) is 2.03. The fraction of sp³-hybridized carbons (Fsp3) is 0.562. The lowest BCUT2D eigenvalue weighted by molar-refractivity contribution is -0.124. The standard InChI is InChI=1S/C16H26N2O3/c1-11-6-7-14(13(3)17-4)15(8-11)21-10-16(19)18-12(2)9-20-5/h6-8,12-13,17H,9-10H2,1-5H3,(H,18,19). The van der Waals surface area contributed by atoms with Crippen LogP contribution in [-0.2, 0) is 9.53 Å². The number of carbonyl (C=O) groups excluding carboxylic acids is 1. The Bertz CT molecular complexity index is 463. The summed E-state index contributed by atoms with van der Waals surface area (Å²) in [5, 5.41) is 6.00. The molecule has 0 saturated carbocycles. The third-order valence-electron chi connectivity index (χ3n) is 3.25. The van der Waals surface area contributed by atoms with E-state index in [0.29, 0.717) is 6.61 Å². The molecule has 0 fully saturated rings. The Hall–Kier alpha value is -1.59. The molecule has 2 unspecified atom stereocenters. The summed E-state index contributed by atoms with van der Waals surface area (Å²) in [4.78, 5) is 11.8. The molecule has 0 aliphatic carbocycles. The number of amides is 1. The van der Waals surface area contributed by atoms with Crippen LogP contribution in [0.15, 0.2) is 18.2 Å². The van der Waals surface area contributed by atoms with Gasteiger partial charge in [-0.05, 0) is 39.4 Å². The molecule has 5 heteroatoms. The minimum absolute atomic E-state index is 0.000934. The van der Waals surface area contributed by atoms with Crippen molar-refractivity contribution in [3.8, 4) is 5.75 Å². The van der Waals surface area contributed by atoms with Gasteiger partial charge in [0.15, 0.2) is 6.61 Å². The monoisotopic (exact) mass is 294 g/mol. The van der Waals surface area contributed by atoms with Crippen molar-refractivity contribution in [2.75, 3.05) is 27.4 Å². The lowest BCUT2D eigenvalue weighted by Crippen LogP contribution is -2.38. The molecular weight excluding hydrogens is 268 g/mol. The zero-order valence-corrected chi connectivity index (χ0v) is 13.5. The molecule has 1 aromatic carbocycles. The molecule has 21 heavy (non-hydrogen) atoms. The van der Waals surface area contributed by atoms with E-state index in [1.54, 1.807) is 7.11 Å².